The van der Waals surface area contributed by atoms with E-state index in [2.05, 4.69) is 15.9 Å². The first-order valence-corrected chi connectivity index (χ1v) is 6.66. The molecule has 2 N–H and O–H groups in total. The van der Waals surface area contributed by atoms with Crippen molar-refractivity contribution in [2.45, 2.75) is 30.8 Å². The van der Waals surface area contributed by atoms with Gasteiger partial charge in [0.05, 0.1) is 5.54 Å². The van der Waals surface area contributed by atoms with Crippen LogP contribution in [0.5, 0.6) is 0 Å². The van der Waals surface area contributed by atoms with Gasteiger partial charge in [-0.1, -0.05) is 23.8 Å². The van der Waals surface area contributed by atoms with E-state index in [9.17, 15) is 14.9 Å². The average Bonchev–Trinajstić information content (AvgIpc) is 2.29. The second-order valence-electron chi connectivity index (χ2n) is 5.19. The van der Waals surface area contributed by atoms with Crippen molar-refractivity contribution in [2.24, 2.45) is 11.8 Å². The lowest BCUT2D eigenvalue weighted by atomic mass is 9.92. The van der Waals surface area contributed by atoms with Crippen LogP contribution in [0.4, 0.5) is 0 Å². The Morgan fingerprint density at radius 2 is 2.16 bits per heavy atom. The monoisotopic (exact) mass is 351 g/mol. The van der Waals surface area contributed by atoms with E-state index in [0.29, 0.717) is 0 Å². The van der Waals surface area contributed by atoms with Gasteiger partial charge in [-0.3, -0.25) is 19.9 Å². The molecule has 0 bridgehead atoms. The molecule has 8 heteroatoms. The predicted molar refractivity (Wildman–Crippen MR) is 76.0 cm³/mol. The molecule has 0 aromatic carbocycles. The topological polar surface area (TPSA) is 89.5 Å². The summed E-state index contributed by atoms with van der Waals surface area (Å²) < 4.78 is -1.87. The molecule has 106 valence electrons. The number of allylic oxidation sites excluding steroid dienone is 2. The van der Waals surface area contributed by atoms with E-state index in [4.69, 9.17) is 17.4 Å². The molecule has 1 amide bonds. The van der Waals surface area contributed by atoms with Crippen molar-refractivity contribution >= 4 is 33.4 Å². The lowest BCUT2D eigenvalue weighted by Crippen LogP contribution is -2.57. The van der Waals surface area contributed by atoms with E-state index in [1.165, 1.54) is 18.2 Å². The number of rotatable bonds is 2. The fourth-order valence-corrected chi connectivity index (χ4v) is 2.31. The predicted octanol–water partition coefficient (Wildman–Crippen LogP) is 2.16. The first-order chi connectivity index (χ1) is 8.52. The van der Waals surface area contributed by atoms with E-state index in [1.54, 1.807) is 20.8 Å². The molecule has 0 heterocycles. The number of hydrogen-bond acceptors (Lipinski definition) is 4. The van der Waals surface area contributed by atoms with Crippen LogP contribution in [-0.2, 0) is 4.79 Å². The Bertz CT molecular complexity index is 472. The second kappa shape index (κ2) is 5.22. The second-order valence-corrected chi connectivity index (χ2v) is 6.80. The summed E-state index contributed by atoms with van der Waals surface area (Å²) in [7, 11) is 0. The van der Waals surface area contributed by atoms with E-state index in [-0.39, 0.29) is 5.03 Å². The van der Waals surface area contributed by atoms with Crippen LogP contribution in [0, 0.1) is 16.0 Å². The SMILES string of the molecule is CC(C)(C)N(N)C(=O)C1C=CC=C(Cl)C1(Br)[N+](=O)[O-]. The van der Waals surface area contributed by atoms with Gasteiger partial charge in [0, 0.05) is 20.9 Å². The van der Waals surface area contributed by atoms with E-state index < -0.39 is 26.7 Å². The zero-order valence-corrected chi connectivity index (χ0v) is 13.1. The Kier molecular flexibility index (Phi) is 4.44. The van der Waals surface area contributed by atoms with Crippen LogP contribution in [0.15, 0.2) is 23.3 Å². The molecule has 2 unspecified atom stereocenters. The average molecular weight is 353 g/mol. The van der Waals surface area contributed by atoms with Crippen LogP contribution < -0.4 is 5.84 Å². The summed E-state index contributed by atoms with van der Waals surface area (Å²) in [6, 6.07) is 0. The summed E-state index contributed by atoms with van der Waals surface area (Å²) >= 11 is 8.86. The van der Waals surface area contributed by atoms with Crippen molar-refractivity contribution < 1.29 is 9.72 Å². The highest BCUT2D eigenvalue weighted by atomic mass is 79.9. The molecular weight excluding hydrogens is 337 g/mol. The van der Waals surface area contributed by atoms with Crippen molar-refractivity contribution in [3.05, 3.63) is 33.4 Å². The number of halogens is 2. The maximum Gasteiger partial charge on any atom is 0.324 e. The number of nitrogens with zero attached hydrogens (tertiary/aromatic N) is 2. The third-order valence-corrected chi connectivity index (χ3v) is 4.64. The van der Waals surface area contributed by atoms with Crippen LogP contribution in [0.2, 0.25) is 0 Å². The number of amides is 1. The zero-order chi connectivity index (χ0) is 15.0. The van der Waals surface area contributed by atoms with Crippen molar-refractivity contribution in [3.8, 4) is 0 Å². The maximum absolute atomic E-state index is 12.3. The molecule has 0 aromatic heterocycles. The van der Waals surface area contributed by atoms with Gasteiger partial charge < -0.3 is 0 Å². The van der Waals surface area contributed by atoms with Crippen LogP contribution in [0.3, 0.4) is 0 Å². The summed E-state index contributed by atoms with van der Waals surface area (Å²) in [5.41, 5.74) is -0.650. The molecule has 1 aliphatic rings. The van der Waals surface area contributed by atoms with Crippen molar-refractivity contribution in [3.63, 3.8) is 0 Å². The lowest BCUT2D eigenvalue weighted by Gasteiger charge is -2.36. The third-order valence-electron chi connectivity index (χ3n) is 2.79. The number of nitro groups is 1. The van der Waals surface area contributed by atoms with Gasteiger partial charge in [-0.2, -0.15) is 0 Å². The number of alkyl halides is 1. The van der Waals surface area contributed by atoms with Gasteiger partial charge in [-0.15, -0.1) is 0 Å². The van der Waals surface area contributed by atoms with Crippen LogP contribution in [0.1, 0.15) is 20.8 Å². The lowest BCUT2D eigenvalue weighted by molar-refractivity contribution is -0.528. The standard InChI is InChI=1S/C11H15BrClN3O3/c1-10(2,3)15(14)9(17)7-5-4-6-8(13)11(7,12)16(18)19/h4-7H,14H2,1-3H3. The minimum Gasteiger partial charge on any atom is -0.275 e. The fraction of sp³-hybridized carbons (Fsp3) is 0.545. The van der Waals surface area contributed by atoms with Gasteiger partial charge in [0.15, 0.2) is 0 Å². The smallest absolute Gasteiger partial charge is 0.275 e. The van der Waals surface area contributed by atoms with Gasteiger partial charge in [-0.25, -0.2) is 5.84 Å². The number of hydrazine groups is 1. The first-order valence-electron chi connectivity index (χ1n) is 5.49. The van der Waals surface area contributed by atoms with E-state index in [0.717, 1.165) is 5.01 Å². The number of hydrogen-bond donors (Lipinski definition) is 1. The maximum atomic E-state index is 12.3. The molecule has 1 rings (SSSR count). The molecule has 0 spiro atoms. The molecule has 0 fully saturated rings. The largest absolute Gasteiger partial charge is 0.324 e. The zero-order valence-electron chi connectivity index (χ0n) is 10.8. The summed E-state index contributed by atoms with van der Waals surface area (Å²) in [6.45, 7) is 5.20. The van der Waals surface area contributed by atoms with Gasteiger partial charge in [-0.05, 0) is 26.8 Å². The van der Waals surface area contributed by atoms with Crippen molar-refractivity contribution in [2.75, 3.05) is 0 Å². The molecule has 1 aliphatic carbocycles. The summed E-state index contributed by atoms with van der Waals surface area (Å²) in [4.78, 5) is 23.0. The van der Waals surface area contributed by atoms with Crippen LogP contribution in [0.25, 0.3) is 0 Å². The third kappa shape index (κ3) is 2.82. The van der Waals surface area contributed by atoms with Gasteiger partial charge in [0.1, 0.15) is 11.0 Å². The highest BCUT2D eigenvalue weighted by Gasteiger charge is 2.56. The molecule has 0 saturated heterocycles. The molecule has 19 heavy (non-hydrogen) atoms. The Morgan fingerprint density at radius 1 is 1.63 bits per heavy atom. The minimum atomic E-state index is -1.87. The minimum absolute atomic E-state index is 0.0688. The van der Waals surface area contributed by atoms with Gasteiger partial charge in [0.25, 0.3) is 5.91 Å². The molecule has 0 radical (unpaired) electrons. The molecule has 0 saturated carbocycles. The summed E-state index contributed by atoms with van der Waals surface area (Å²) in [5, 5.41) is 12.2. The summed E-state index contributed by atoms with van der Waals surface area (Å²) in [5.74, 6) is 4.05. The molecule has 0 aromatic rings. The molecule has 2 atom stereocenters. The van der Waals surface area contributed by atoms with Crippen LogP contribution in [-0.4, -0.2) is 25.8 Å². The molecule has 6 nitrogen and oxygen atoms in total. The number of nitrogens with two attached hydrogens (primary N) is 1. The highest BCUT2D eigenvalue weighted by molar-refractivity contribution is 9.10. The Morgan fingerprint density at radius 3 is 2.58 bits per heavy atom. The number of carbonyl (C=O) groups excluding carboxylic acids is 1. The Labute approximate surface area is 124 Å². The fourth-order valence-electron chi connectivity index (χ4n) is 1.57. The Balaban J connectivity index is 3.19. The molecular formula is C11H15BrClN3O3. The quantitative estimate of drug-likeness (QED) is 0.206. The van der Waals surface area contributed by atoms with E-state index in [1.807, 2.05) is 0 Å². The van der Waals surface area contributed by atoms with Gasteiger partial charge >= 0.3 is 4.45 Å². The van der Waals surface area contributed by atoms with Crippen molar-refractivity contribution in [1.82, 2.24) is 5.01 Å². The highest BCUT2D eigenvalue weighted by Crippen LogP contribution is 2.42. The van der Waals surface area contributed by atoms with Gasteiger partial charge in [0.2, 0.25) is 0 Å². The summed E-state index contributed by atoms with van der Waals surface area (Å²) in [6.07, 6.45) is 4.29. The van der Waals surface area contributed by atoms with E-state index >= 15 is 0 Å². The first kappa shape index (κ1) is 16.1. The normalized spacial score (nSPS) is 26.8. The van der Waals surface area contributed by atoms with Crippen LogP contribution >= 0.6 is 27.5 Å². The number of carbonyl (C=O) groups is 1. The Hall–Kier alpha value is -0.920. The molecule has 0 aliphatic heterocycles. The van der Waals surface area contributed by atoms with Crippen molar-refractivity contribution in [1.29, 1.82) is 0 Å².